The van der Waals surface area contributed by atoms with Crippen molar-refractivity contribution >= 4 is 11.6 Å². The summed E-state index contributed by atoms with van der Waals surface area (Å²) >= 11 is 0. The van der Waals surface area contributed by atoms with Gasteiger partial charge in [-0.1, -0.05) is 23.8 Å². The van der Waals surface area contributed by atoms with Crippen molar-refractivity contribution in [3.05, 3.63) is 95.8 Å². The minimum Gasteiger partial charge on any atom is -0.495 e. The summed E-state index contributed by atoms with van der Waals surface area (Å²) in [6, 6.07) is 19.9. The molecule has 7 heteroatoms. The molecule has 0 aliphatic rings. The first-order valence-electron chi connectivity index (χ1n) is 10.3. The van der Waals surface area contributed by atoms with Crippen molar-refractivity contribution in [1.29, 1.82) is 0 Å². The normalized spacial score (nSPS) is 10.4. The van der Waals surface area contributed by atoms with Gasteiger partial charge in [0.1, 0.15) is 17.2 Å². The van der Waals surface area contributed by atoms with E-state index in [1.165, 1.54) is 12.4 Å². The molecule has 0 aliphatic carbocycles. The quantitative estimate of drug-likeness (QED) is 0.382. The smallest absolute Gasteiger partial charge is 0.284 e. The van der Waals surface area contributed by atoms with Crippen molar-refractivity contribution in [3.63, 3.8) is 0 Å². The van der Waals surface area contributed by atoms with Gasteiger partial charge < -0.3 is 19.5 Å². The first kappa shape index (κ1) is 21.8. The van der Waals surface area contributed by atoms with E-state index in [2.05, 4.69) is 15.3 Å². The molecular weight excluding hydrogens is 418 g/mol. The van der Waals surface area contributed by atoms with E-state index in [0.29, 0.717) is 28.5 Å². The van der Waals surface area contributed by atoms with Crippen LogP contribution in [0.4, 0.5) is 5.69 Å². The summed E-state index contributed by atoms with van der Waals surface area (Å²) in [6.07, 6.45) is 3.05. The lowest BCUT2D eigenvalue weighted by atomic mass is 10.1. The summed E-state index contributed by atoms with van der Waals surface area (Å²) in [5.74, 6) is 1.93. The number of hydrogen-bond donors (Lipinski definition) is 1. The average molecular weight is 441 g/mol. The second-order valence-electron chi connectivity index (χ2n) is 7.37. The molecule has 0 fully saturated rings. The Morgan fingerprint density at radius 3 is 1.88 bits per heavy atom. The third-order valence-corrected chi connectivity index (χ3v) is 4.80. The number of carbonyl (C=O) groups is 1. The molecule has 0 radical (unpaired) electrons. The maximum absolute atomic E-state index is 12.7. The summed E-state index contributed by atoms with van der Waals surface area (Å²) in [4.78, 5) is 21.1. The van der Waals surface area contributed by atoms with Crippen molar-refractivity contribution in [2.24, 2.45) is 0 Å². The molecule has 1 N–H and O–H groups in total. The van der Waals surface area contributed by atoms with Gasteiger partial charge in [-0.2, -0.15) is 0 Å². The van der Waals surface area contributed by atoms with Gasteiger partial charge in [-0.05, 0) is 67.9 Å². The lowest BCUT2D eigenvalue weighted by molar-refractivity contribution is 0.102. The molecule has 0 bridgehead atoms. The summed E-state index contributed by atoms with van der Waals surface area (Å²) < 4.78 is 17.0. The molecule has 4 aromatic rings. The third-order valence-electron chi connectivity index (χ3n) is 4.80. The van der Waals surface area contributed by atoms with Crippen LogP contribution in [-0.4, -0.2) is 23.0 Å². The molecule has 4 rings (SSSR count). The zero-order valence-corrected chi connectivity index (χ0v) is 18.5. The average Bonchev–Trinajstić information content (AvgIpc) is 2.82. The number of methoxy groups -OCH3 is 1. The molecule has 7 nitrogen and oxygen atoms in total. The SMILES string of the molecule is COc1ccc(C)cc1NC(=O)c1ccc(Oc2nccnc2Oc2ccc(C)cc2)cc1. The zero-order chi connectivity index (χ0) is 23.2. The maximum Gasteiger partial charge on any atom is 0.284 e. The molecule has 0 unspecified atom stereocenters. The Labute approximate surface area is 192 Å². The van der Waals surface area contributed by atoms with Crippen LogP contribution in [0.3, 0.4) is 0 Å². The Balaban J connectivity index is 1.47. The highest BCUT2D eigenvalue weighted by atomic mass is 16.5. The number of carbonyl (C=O) groups excluding carboxylic acids is 1. The van der Waals surface area contributed by atoms with Crippen LogP contribution >= 0.6 is 0 Å². The molecule has 1 aromatic heterocycles. The number of amides is 1. The van der Waals surface area contributed by atoms with Gasteiger partial charge in [0.25, 0.3) is 17.7 Å². The summed E-state index contributed by atoms with van der Waals surface area (Å²) in [7, 11) is 1.57. The number of aryl methyl sites for hydroxylation is 2. The van der Waals surface area contributed by atoms with Crippen molar-refractivity contribution in [3.8, 4) is 29.0 Å². The van der Waals surface area contributed by atoms with E-state index in [9.17, 15) is 4.79 Å². The number of nitrogens with zero attached hydrogens (tertiary/aromatic N) is 2. The summed E-state index contributed by atoms with van der Waals surface area (Å²) in [6.45, 7) is 3.95. The van der Waals surface area contributed by atoms with Crippen LogP contribution in [0.2, 0.25) is 0 Å². The minimum atomic E-state index is -0.256. The largest absolute Gasteiger partial charge is 0.495 e. The van der Waals surface area contributed by atoms with E-state index in [1.54, 1.807) is 31.4 Å². The standard InChI is InChI=1S/C26H23N3O4/c1-17-4-9-20(10-5-17)32-25-26(28-15-14-27-25)33-21-11-7-19(8-12-21)24(30)29-22-16-18(2)6-13-23(22)31-3/h4-16H,1-3H3,(H,29,30). The van der Waals surface area contributed by atoms with Gasteiger partial charge in [0.05, 0.1) is 12.8 Å². The van der Waals surface area contributed by atoms with Gasteiger partial charge in [-0.3, -0.25) is 4.79 Å². The van der Waals surface area contributed by atoms with Crippen molar-refractivity contribution < 1.29 is 19.0 Å². The molecule has 0 saturated heterocycles. The Morgan fingerprint density at radius 1 is 0.758 bits per heavy atom. The molecular formula is C26H23N3O4. The van der Waals surface area contributed by atoms with E-state index in [1.807, 2.05) is 56.3 Å². The predicted octanol–water partition coefficient (Wildman–Crippen LogP) is 5.94. The van der Waals surface area contributed by atoms with E-state index < -0.39 is 0 Å². The number of aromatic nitrogens is 2. The molecule has 0 spiro atoms. The number of anilines is 1. The number of nitrogens with one attached hydrogen (secondary N) is 1. The summed E-state index contributed by atoms with van der Waals surface area (Å²) in [5.41, 5.74) is 3.23. The van der Waals surface area contributed by atoms with Crippen molar-refractivity contribution in [2.75, 3.05) is 12.4 Å². The van der Waals surface area contributed by atoms with Gasteiger partial charge in [-0.25, -0.2) is 9.97 Å². The topological polar surface area (TPSA) is 82.6 Å². The lowest BCUT2D eigenvalue weighted by Gasteiger charge is -2.12. The number of ether oxygens (including phenoxy) is 3. The molecule has 0 saturated carbocycles. The fourth-order valence-electron chi connectivity index (χ4n) is 3.07. The minimum absolute atomic E-state index is 0.222. The lowest BCUT2D eigenvalue weighted by Crippen LogP contribution is -2.12. The molecule has 0 aliphatic heterocycles. The van der Waals surface area contributed by atoms with Crippen LogP contribution < -0.4 is 19.5 Å². The van der Waals surface area contributed by atoms with Crippen molar-refractivity contribution in [1.82, 2.24) is 9.97 Å². The highest BCUT2D eigenvalue weighted by Crippen LogP contribution is 2.31. The van der Waals surface area contributed by atoms with Crippen LogP contribution in [0.5, 0.6) is 29.0 Å². The third kappa shape index (κ3) is 5.46. The van der Waals surface area contributed by atoms with Gasteiger partial charge in [0.2, 0.25) is 0 Å². The Bertz CT molecular complexity index is 1260. The molecule has 3 aromatic carbocycles. The Kier molecular flexibility index (Phi) is 6.50. The monoisotopic (exact) mass is 441 g/mol. The highest BCUT2D eigenvalue weighted by Gasteiger charge is 2.13. The summed E-state index contributed by atoms with van der Waals surface area (Å²) in [5, 5.41) is 2.88. The van der Waals surface area contributed by atoms with E-state index in [-0.39, 0.29) is 17.7 Å². The van der Waals surface area contributed by atoms with E-state index in [4.69, 9.17) is 14.2 Å². The molecule has 1 amide bonds. The van der Waals surface area contributed by atoms with Gasteiger partial charge in [0.15, 0.2) is 0 Å². The first-order valence-corrected chi connectivity index (χ1v) is 10.3. The molecule has 166 valence electrons. The van der Waals surface area contributed by atoms with Gasteiger partial charge >= 0.3 is 0 Å². The van der Waals surface area contributed by atoms with E-state index >= 15 is 0 Å². The maximum atomic E-state index is 12.7. The second-order valence-corrected chi connectivity index (χ2v) is 7.37. The van der Waals surface area contributed by atoms with Crippen LogP contribution in [-0.2, 0) is 0 Å². The predicted molar refractivity (Wildman–Crippen MR) is 125 cm³/mol. The Morgan fingerprint density at radius 2 is 1.30 bits per heavy atom. The molecule has 0 atom stereocenters. The van der Waals surface area contributed by atoms with Gasteiger partial charge in [0, 0.05) is 18.0 Å². The molecule has 1 heterocycles. The van der Waals surface area contributed by atoms with Crippen LogP contribution in [0.1, 0.15) is 21.5 Å². The first-order chi connectivity index (χ1) is 16.0. The van der Waals surface area contributed by atoms with E-state index in [0.717, 1.165) is 11.1 Å². The number of benzene rings is 3. The zero-order valence-electron chi connectivity index (χ0n) is 18.5. The fourth-order valence-corrected chi connectivity index (χ4v) is 3.07. The number of hydrogen-bond acceptors (Lipinski definition) is 6. The molecule has 33 heavy (non-hydrogen) atoms. The van der Waals surface area contributed by atoms with Crippen LogP contribution in [0, 0.1) is 13.8 Å². The van der Waals surface area contributed by atoms with Gasteiger partial charge in [-0.15, -0.1) is 0 Å². The fraction of sp³-hybridized carbons (Fsp3) is 0.115. The Hall–Kier alpha value is -4.39. The number of rotatable bonds is 7. The highest BCUT2D eigenvalue weighted by molar-refractivity contribution is 6.05. The second kappa shape index (κ2) is 9.82. The van der Waals surface area contributed by atoms with Crippen molar-refractivity contribution in [2.45, 2.75) is 13.8 Å². The van der Waals surface area contributed by atoms with Crippen LogP contribution in [0.25, 0.3) is 0 Å². The van der Waals surface area contributed by atoms with Crippen LogP contribution in [0.15, 0.2) is 79.1 Å².